The molecule has 1 fully saturated rings. The van der Waals surface area contributed by atoms with Gasteiger partial charge in [0.25, 0.3) is 0 Å². The van der Waals surface area contributed by atoms with Crippen LogP contribution in [0.3, 0.4) is 0 Å². The van der Waals surface area contributed by atoms with Crippen LogP contribution in [-0.4, -0.2) is 38.1 Å². The third kappa shape index (κ3) is 5.00. The van der Waals surface area contributed by atoms with Crippen LogP contribution in [0.15, 0.2) is 48.5 Å². The molecule has 1 saturated carbocycles. The summed E-state index contributed by atoms with van der Waals surface area (Å²) in [4.78, 5) is 41.4. The molecule has 0 spiro atoms. The number of hydrogen-bond donors (Lipinski definition) is 3. The maximum absolute atomic E-state index is 14.0. The van der Waals surface area contributed by atoms with Gasteiger partial charge in [-0.05, 0) is 64.8 Å². The third-order valence-electron chi connectivity index (χ3n) is 7.71. The van der Waals surface area contributed by atoms with Gasteiger partial charge >= 0.3 is 0 Å². The highest BCUT2D eigenvalue weighted by Crippen LogP contribution is 2.48. The molecule has 2 amide bonds. The van der Waals surface area contributed by atoms with E-state index in [9.17, 15) is 19.5 Å². The van der Waals surface area contributed by atoms with E-state index in [1.165, 1.54) is 6.92 Å². The normalized spacial score (nSPS) is 23.2. The Morgan fingerprint density at radius 2 is 1.50 bits per heavy atom. The first kappa shape index (κ1) is 27.3. The van der Waals surface area contributed by atoms with Crippen LogP contribution in [0.4, 0.5) is 11.4 Å². The highest BCUT2D eigenvalue weighted by molar-refractivity contribution is 6.10. The van der Waals surface area contributed by atoms with E-state index < -0.39 is 41.0 Å². The molecule has 0 radical (unpaired) electrons. The molecule has 1 aromatic heterocycles. The monoisotopic (exact) mass is 516 g/mol. The van der Waals surface area contributed by atoms with Crippen molar-refractivity contribution in [3.05, 3.63) is 76.6 Å². The highest BCUT2D eigenvalue weighted by atomic mass is 16.3. The molecule has 3 N–H and O–H groups in total. The van der Waals surface area contributed by atoms with Gasteiger partial charge in [0.05, 0.1) is 17.2 Å². The maximum atomic E-state index is 14.0. The molecule has 38 heavy (non-hydrogen) atoms. The number of Topliss-reactive ketones (excluding diaryl/α,β-unsaturated/α-hetero) is 1. The fourth-order valence-corrected chi connectivity index (χ4v) is 5.79. The van der Waals surface area contributed by atoms with Crippen molar-refractivity contribution in [1.82, 2.24) is 9.78 Å². The smallest absolute Gasteiger partial charge is 0.235 e. The van der Waals surface area contributed by atoms with Gasteiger partial charge < -0.3 is 15.7 Å². The zero-order valence-electron chi connectivity index (χ0n) is 22.8. The van der Waals surface area contributed by atoms with Gasteiger partial charge in [-0.25, -0.2) is 0 Å². The fourth-order valence-electron chi connectivity index (χ4n) is 5.79. The summed E-state index contributed by atoms with van der Waals surface area (Å²) < 4.78 is 1.80. The lowest BCUT2D eigenvalue weighted by Crippen LogP contribution is -2.56. The third-order valence-corrected chi connectivity index (χ3v) is 7.71. The zero-order valence-corrected chi connectivity index (χ0v) is 22.8. The van der Waals surface area contributed by atoms with Crippen molar-refractivity contribution in [3.8, 4) is 0 Å². The second-order valence-electron chi connectivity index (χ2n) is 10.5. The predicted octanol–water partition coefficient (Wildman–Crippen LogP) is 4.45. The van der Waals surface area contributed by atoms with Gasteiger partial charge in [-0.3, -0.25) is 19.1 Å². The molecule has 0 bridgehead atoms. The number of carbonyl (C=O) groups excluding carboxylic acids is 3. The topological polar surface area (TPSA) is 113 Å². The highest BCUT2D eigenvalue weighted by Gasteiger charge is 2.57. The second kappa shape index (κ2) is 10.5. The Morgan fingerprint density at radius 3 is 2.00 bits per heavy atom. The summed E-state index contributed by atoms with van der Waals surface area (Å²) in [6.45, 7) is 11.5. The van der Waals surface area contributed by atoms with Crippen LogP contribution in [0, 0.1) is 39.5 Å². The Labute approximate surface area is 223 Å². The van der Waals surface area contributed by atoms with Crippen LogP contribution in [0.5, 0.6) is 0 Å². The number of para-hydroxylation sites is 2. The Bertz CT molecular complexity index is 1390. The van der Waals surface area contributed by atoms with E-state index in [2.05, 4.69) is 15.7 Å². The number of amides is 2. The summed E-state index contributed by atoms with van der Waals surface area (Å²) >= 11 is 0. The van der Waals surface area contributed by atoms with Crippen molar-refractivity contribution in [2.75, 3.05) is 10.6 Å². The van der Waals surface area contributed by atoms with Crippen LogP contribution in [0.2, 0.25) is 0 Å². The van der Waals surface area contributed by atoms with Crippen molar-refractivity contribution in [2.24, 2.45) is 11.8 Å². The standard InChI is InChI=1S/C30H36N4O4/c1-7-34-20(5)24(19(4)33-34)26-25(28(36)31-21-14-10-8-12-17(21)2)23(35)16-30(6,38)27(26)29(37)32-22-15-11-9-13-18(22)3/h8-15,25-27,38H,7,16H2,1-6H3,(H,31,36)(H,32,37)/t25-,26-,27-,30+/m0/s1. The predicted molar refractivity (Wildman–Crippen MR) is 147 cm³/mol. The Morgan fingerprint density at radius 1 is 0.974 bits per heavy atom. The minimum atomic E-state index is -1.68. The van der Waals surface area contributed by atoms with E-state index in [0.29, 0.717) is 29.2 Å². The lowest BCUT2D eigenvalue weighted by molar-refractivity contribution is -0.150. The van der Waals surface area contributed by atoms with Crippen LogP contribution in [0.25, 0.3) is 0 Å². The van der Waals surface area contributed by atoms with E-state index in [-0.39, 0.29) is 6.42 Å². The molecule has 0 saturated heterocycles. The molecule has 200 valence electrons. The van der Waals surface area contributed by atoms with Crippen molar-refractivity contribution in [3.63, 3.8) is 0 Å². The number of benzene rings is 2. The number of aliphatic hydroxyl groups is 1. The Balaban J connectivity index is 1.85. The SMILES string of the molecule is CCn1nc(C)c([C@H]2[C@@H](C(=O)Nc3ccccc3C)C(=O)C[C@@](C)(O)[C@@H]2C(=O)Nc2ccccc2C)c1C. The molecule has 0 aliphatic heterocycles. The van der Waals surface area contributed by atoms with Gasteiger partial charge in [0.15, 0.2) is 0 Å². The molecule has 4 atom stereocenters. The number of nitrogens with zero attached hydrogens (tertiary/aromatic N) is 2. The number of aryl methyl sites for hydroxylation is 4. The molecule has 8 nitrogen and oxygen atoms in total. The van der Waals surface area contributed by atoms with E-state index in [4.69, 9.17) is 0 Å². The first-order chi connectivity index (χ1) is 18.0. The summed E-state index contributed by atoms with van der Waals surface area (Å²) in [7, 11) is 0. The number of ketones is 1. The molecule has 1 heterocycles. The minimum Gasteiger partial charge on any atom is -0.389 e. The number of aromatic nitrogens is 2. The second-order valence-corrected chi connectivity index (χ2v) is 10.5. The first-order valence-electron chi connectivity index (χ1n) is 13.0. The number of anilines is 2. The fraction of sp³-hybridized carbons (Fsp3) is 0.400. The van der Waals surface area contributed by atoms with E-state index in [0.717, 1.165) is 16.8 Å². The van der Waals surface area contributed by atoms with Gasteiger partial charge in [-0.2, -0.15) is 5.10 Å². The molecule has 8 heteroatoms. The van der Waals surface area contributed by atoms with Crippen LogP contribution >= 0.6 is 0 Å². The zero-order chi connectivity index (χ0) is 27.8. The maximum Gasteiger partial charge on any atom is 0.235 e. The lowest BCUT2D eigenvalue weighted by Gasteiger charge is -2.44. The van der Waals surface area contributed by atoms with E-state index in [1.807, 2.05) is 71.0 Å². The summed E-state index contributed by atoms with van der Waals surface area (Å²) in [5, 5.41) is 22.1. The Hall–Kier alpha value is -3.78. The van der Waals surface area contributed by atoms with Crippen molar-refractivity contribution < 1.29 is 19.5 Å². The lowest BCUT2D eigenvalue weighted by atomic mass is 9.60. The average Bonchev–Trinajstić information content (AvgIpc) is 3.13. The molecule has 4 rings (SSSR count). The number of nitrogens with one attached hydrogen (secondary N) is 2. The van der Waals surface area contributed by atoms with Crippen LogP contribution in [0.1, 0.15) is 54.3 Å². The van der Waals surface area contributed by atoms with Crippen molar-refractivity contribution >= 4 is 29.0 Å². The van der Waals surface area contributed by atoms with Crippen molar-refractivity contribution in [1.29, 1.82) is 0 Å². The molecule has 1 aliphatic rings. The van der Waals surface area contributed by atoms with Gasteiger partial charge in [-0.1, -0.05) is 36.4 Å². The molecule has 2 aromatic carbocycles. The van der Waals surface area contributed by atoms with Gasteiger partial charge in [0, 0.05) is 41.5 Å². The number of rotatable bonds is 6. The van der Waals surface area contributed by atoms with Crippen LogP contribution < -0.4 is 10.6 Å². The summed E-state index contributed by atoms with van der Waals surface area (Å²) in [5.74, 6) is -4.54. The Kier molecular flexibility index (Phi) is 7.56. The summed E-state index contributed by atoms with van der Waals surface area (Å²) in [6, 6.07) is 14.7. The molecular formula is C30H36N4O4. The number of hydrogen-bond acceptors (Lipinski definition) is 5. The number of carbonyl (C=O) groups is 3. The van der Waals surface area contributed by atoms with Crippen molar-refractivity contribution in [2.45, 2.75) is 66.0 Å². The minimum absolute atomic E-state index is 0.318. The quantitative estimate of drug-likeness (QED) is 0.419. The molecule has 3 aromatic rings. The largest absolute Gasteiger partial charge is 0.389 e. The molecular weight excluding hydrogens is 480 g/mol. The van der Waals surface area contributed by atoms with Crippen LogP contribution in [-0.2, 0) is 20.9 Å². The van der Waals surface area contributed by atoms with E-state index in [1.54, 1.807) is 16.8 Å². The summed E-state index contributed by atoms with van der Waals surface area (Å²) in [6.07, 6.45) is -0.318. The van der Waals surface area contributed by atoms with Gasteiger partial charge in [0.2, 0.25) is 11.8 Å². The average molecular weight is 517 g/mol. The molecule has 1 aliphatic carbocycles. The summed E-state index contributed by atoms with van der Waals surface area (Å²) in [5.41, 5.74) is 3.29. The first-order valence-corrected chi connectivity index (χ1v) is 13.0. The van der Waals surface area contributed by atoms with E-state index >= 15 is 0 Å². The van der Waals surface area contributed by atoms with Gasteiger partial charge in [-0.15, -0.1) is 0 Å². The van der Waals surface area contributed by atoms with Gasteiger partial charge in [0.1, 0.15) is 11.7 Å². The molecule has 0 unspecified atom stereocenters.